The van der Waals surface area contributed by atoms with Gasteiger partial charge in [-0.25, -0.2) is 0 Å². The number of hydrogen-bond donors (Lipinski definition) is 1. The third-order valence-corrected chi connectivity index (χ3v) is 4.34. The highest BCUT2D eigenvalue weighted by Crippen LogP contribution is 2.27. The zero-order valence-corrected chi connectivity index (χ0v) is 14.6. The number of carbonyl (C=O) groups is 1. The van der Waals surface area contributed by atoms with Crippen LogP contribution in [0.2, 0.25) is 0 Å². The van der Waals surface area contributed by atoms with Gasteiger partial charge in [0.2, 0.25) is 5.91 Å². The van der Waals surface area contributed by atoms with Crippen molar-refractivity contribution in [1.82, 2.24) is 0 Å². The van der Waals surface area contributed by atoms with Gasteiger partial charge >= 0.3 is 0 Å². The van der Waals surface area contributed by atoms with Crippen LogP contribution in [0, 0.1) is 0 Å². The highest BCUT2D eigenvalue weighted by Gasteiger charge is 2.15. The van der Waals surface area contributed by atoms with E-state index >= 15 is 0 Å². The Morgan fingerprint density at radius 3 is 2.48 bits per heavy atom. The van der Waals surface area contributed by atoms with E-state index < -0.39 is 0 Å². The van der Waals surface area contributed by atoms with Gasteiger partial charge in [-0.15, -0.1) is 0 Å². The molecular formula is C21H24N2O2. The van der Waals surface area contributed by atoms with Crippen LogP contribution in [0.5, 0.6) is 0 Å². The van der Waals surface area contributed by atoms with Crippen LogP contribution in [0.25, 0.3) is 5.57 Å². The molecule has 1 fully saturated rings. The molecular weight excluding hydrogens is 312 g/mol. The summed E-state index contributed by atoms with van der Waals surface area (Å²) in [5, 5.41) is 3.04. The highest BCUT2D eigenvalue weighted by molar-refractivity contribution is 6.05. The van der Waals surface area contributed by atoms with Gasteiger partial charge in [-0.2, -0.15) is 0 Å². The number of nitrogens with one attached hydrogen (secondary N) is 1. The van der Waals surface area contributed by atoms with Crippen LogP contribution in [0.15, 0.2) is 60.7 Å². The maximum atomic E-state index is 12.6. The zero-order chi connectivity index (χ0) is 17.5. The number of nitrogens with zero attached hydrogens (tertiary/aromatic N) is 1. The Hall–Kier alpha value is -2.59. The van der Waals surface area contributed by atoms with Gasteiger partial charge in [0, 0.05) is 19.2 Å². The minimum Gasteiger partial charge on any atom is -0.378 e. The average Bonchev–Trinajstić information content (AvgIpc) is 2.68. The fourth-order valence-corrected chi connectivity index (χ4v) is 3.03. The number of rotatable bonds is 5. The third kappa shape index (κ3) is 4.48. The van der Waals surface area contributed by atoms with Gasteiger partial charge in [-0.1, -0.05) is 49.4 Å². The predicted molar refractivity (Wildman–Crippen MR) is 103 cm³/mol. The SMILES string of the molecule is CC/C(=C\C(=O)Nc1ccccc1N1CCOCC1)c1ccccc1. The Kier molecular flexibility index (Phi) is 5.86. The first kappa shape index (κ1) is 17.2. The largest absolute Gasteiger partial charge is 0.378 e. The summed E-state index contributed by atoms with van der Waals surface area (Å²) in [6.07, 6.45) is 2.51. The lowest BCUT2D eigenvalue weighted by molar-refractivity contribution is -0.111. The smallest absolute Gasteiger partial charge is 0.248 e. The molecule has 4 heteroatoms. The minimum atomic E-state index is -0.0959. The van der Waals surface area contributed by atoms with Crippen molar-refractivity contribution in [2.45, 2.75) is 13.3 Å². The van der Waals surface area contributed by atoms with E-state index in [-0.39, 0.29) is 5.91 Å². The average molecular weight is 336 g/mol. The molecule has 25 heavy (non-hydrogen) atoms. The number of morpholine rings is 1. The zero-order valence-electron chi connectivity index (χ0n) is 14.6. The molecule has 0 unspecified atom stereocenters. The Bertz CT molecular complexity index is 735. The van der Waals surface area contributed by atoms with Crippen molar-refractivity contribution in [2.24, 2.45) is 0 Å². The van der Waals surface area contributed by atoms with Crippen molar-refractivity contribution >= 4 is 22.9 Å². The molecule has 1 heterocycles. The highest BCUT2D eigenvalue weighted by atomic mass is 16.5. The first-order chi connectivity index (χ1) is 12.3. The van der Waals surface area contributed by atoms with Crippen molar-refractivity contribution in [3.05, 3.63) is 66.2 Å². The standard InChI is InChI=1S/C21H24N2O2/c1-2-17(18-8-4-3-5-9-18)16-21(24)22-19-10-6-7-11-20(19)23-12-14-25-15-13-23/h3-11,16H,2,12-15H2,1H3,(H,22,24)/b17-16+. The van der Waals surface area contributed by atoms with E-state index in [1.807, 2.05) is 54.6 Å². The summed E-state index contributed by atoms with van der Waals surface area (Å²) in [6, 6.07) is 18.0. The number of allylic oxidation sites excluding steroid dienone is 1. The fourth-order valence-electron chi connectivity index (χ4n) is 3.03. The number of anilines is 2. The van der Waals surface area contributed by atoms with Crippen LogP contribution in [0.1, 0.15) is 18.9 Å². The Morgan fingerprint density at radius 2 is 1.76 bits per heavy atom. The molecule has 0 aliphatic carbocycles. The molecule has 0 saturated carbocycles. The van der Waals surface area contributed by atoms with Crippen molar-refractivity contribution in [3.8, 4) is 0 Å². The van der Waals surface area contributed by atoms with E-state index in [2.05, 4.69) is 17.1 Å². The summed E-state index contributed by atoms with van der Waals surface area (Å²) in [5.41, 5.74) is 4.00. The molecule has 1 N–H and O–H groups in total. The van der Waals surface area contributed by atoms with Crippen LogP contribution in [-0.2, 0) is 9.53 Å². The van der Waals surface area contributed by atoms with Gasteiger partial charge in [0.05, 0.1) is 24.6 Å². The van der Waals surface area contributed by atoms with Gasteiger partial charge in [0.25, 0.3) is 0 Å². The first-order valence-electron chi connectivity index (χ1n) is 8.76. The summed E-state index contributed by atoms with van der Waals surface area (Å²) in [6.45, 7) is 5.18. The van der Waals surface area contributed by atoms with Gasteiger partial charge in [-0.3, -0.25) is 4.79 Å². The molecule has 0 aromatic heterocycles. The van der Waals surface area contributed by atoms with E-state index in [0.29, 0.717) is 0 Å². The van der Waals surface area contributed by atoms with E-state index in [1.54, 1.807) is 6.08 Å². The monoisotopic (exact) mass is 336 g/mol. The quantitative estimate of drug-likeness (QED) is 0.841. The molecule has 0 radical (unpaired) electrons. The van der Waals surface area contributed by atoms with Crippen LogP contribution < -0.4 is 10.2 Å². The Morgan fingerprint density at radius 1 is 1.08 bits per heavy atom. The molecule has 1 amide bonds. The predicted octanol–water partition coefficient (Wildman–Crippen LogP) is 3.96. The van der Waals surface area contributed by atoms with E-state index in [1.165, 1.54) is 0 Å². The lowest BCUT2D eigenvalue weighted by atomic mass is 10.0. The second kappa shape index (κ2) is 8.49. The van der Waals surface area contributed by atoms with Crippen molar-refractivity contribution < 1.29 is 9.53 Å². The second-order valence-corrected chi connectivity index (χ2v) is 5.99. The first-order valence-corrected chi connectivity index (χ1v) is 8.76. The van der Waals surface area contributed by atoms with Gasteiger partial charge in [-0.05, 0) is 29.7 Å². The van der Waals surface area contributed by atoms with Gasteiger partial charge in [0.15, 0.2) is 0 Å². The molecule has 0 spiro atoms. The van der Waals surface area contributed by atoms with Crippen LogP contribution in [-0.4, -0.2) is 32.2 Å². The van der Waals surface area contributed by atoms with Gasteiger partial charge < -0.3 is 15.0 Å². The number of carbonyl (C=O) groups excluding carboxylic acids is 1. The third-order valence-electron chi connectivity index (χ3n) is 4.34. The normalized spacial score (nSPS) is 15.1. The molecule has 0 bridgehead atoms. The molecule has 1 saturated heterocycles. The fraction of sp³-hybridized carbons (Fsp3) is 0.286. The van der Waals surface area contributed by atoms with Crippen LogP contribution in [0.3, 0.4) is 0 Å². The summed E-state index contributed by atoms with van der Waals surface area (Å²) < 4.78 is 5.42. The molecule has 1 aliphatic heterocycles. The number of benzene rings is 2. The topological polar surface area (TPSA) is 41.6 Å². The van der Waals surface area contributed by atoms with E-state index in [4.69, 9.17) is 4.74 Å². The number of hydrogen-bond acceptors (Lipinski definition) is 3. The molecule has 0 atom stereocenters. The number of ether oxygens (including phenoxy) is 1. The Balaban J connectivity index is 1.78. The molecule has 3 rings (SSSR count). The maximum Gasteiger partial charge on any atom is 0.248 e. The lowest BCUT2D eigenvalue weighted by Gasteiger charge is -2.30. The summed E-state index contributed by atoms with van der Waals surface area (Å²) in [7, 11) is 0. The Labute approximate surface area is 149 Å². The summed E-state index contributed by atoms with van der Waals surface area (Å²) in [4.78, 5) is 14.8. The van der Waals surface area contributed by atoms with Gasteiger partial charge in [0.1, 0.15) is 0 Å². The summed E-state index contributed by atoms with van der Waals surface area (Å²) >= 11 is 0. The minimum absolute atomic E-state index is 0.0959. The van der Waals surface area contributed by atoms with Crippen LogP contribution >= 0.6 is 0 Å². The molecule has 2 aromatic rings. The molecule has 4 nitrogen and oxygen atoms in total. The number of amides is 1. The van der Waals surface area contributed by atoms with Crippen molar-refractivity contribution in [2.75, 3.05) is 36.5 Å². The van der Waals surface area contributed by atoms with Crippen molar-refractivity contribution in [1.29, 1.82) is 0 Å². The maximum absolute atomic E-state index is 12.6. The second-order valence-electron chi connectivity index (χ2n) is 5.99. The lowest BCUT2D eigenvalue weighted by Crippen LogP contribution is -2.36. The summed E-state index contributed by atoms with van der Waals surface area (Å²) in [5.74, 6) is -0.0959. The van der Waals surface area contributed by atoms with Crippen LogP contribution in [0.4, 0.5) is 11.4 Å². The van der Waals surface area contributed by atoms with E-state index in [0.717, 1.165) is 55.2 Å². The molecule has 1 aliphatic rings. The number of para-hydroxylation sites is 2. The van der Waals surface area contributed by atoms with Crippen molar-refractivity contribution in [3.63, 3.8) is 0 Å². The molecule has 130 valence electrons. The molecule has 2 aromatic carbocycles. The van der Waals surface area contributed by atoms with E-state index in [9.17, 15) is 4.79 Å².